The summed E-state index contributed by atoms with van der Waals surface area (Å²) in [6.07, 6.45) is -2.72. The van der Waals surface area contributed by atoms with Crippen LogP contribution in [0.5, 0.6) is 0 Å². The molecule has 108 valence electrons. The van der Waals surface area contributed by atoms with Crippen LogP contribution in [0.15, 0.2) is 36.5 Å². The molecule has 0 aliphatic heterocycles. The smallest absolute Gasteiger partial charge is 0.366 e. The third kappa shape index (κ3) is 2.31. The third-order valence-electron chi connectivity index (χ3n) is 3.21. The molecule has 0 aliphatic rings. The lowest BCUT2D eigenvalue weighted by Crippen LogP contribution is -2.04. The van der Waals surface area contributed by atoms with Crippen molar-refractivity contribution in [2.45, 2.75) is 13.1 Å². The summed E-state index contributed by atoms with van der Waals surface area (Å²) in [6.45, 7) is 1.81. The SMILES string of the molecule is Cc1ccn2nc(N)nc2c1-c1cccc(C(F)(F)F)c1. The van der Waals surface area contributed by atoms with Gasteiger partial charge in [-0.3, -0.25) is 0 Å². The zero-order valence-corrected chi connectivity index (χ0v) is 11.0. The fourth-order valence-corrected chi connectivity index (χ4v) is 2.26. The lowest BCUT2D eigenvalue weighted by atomic mass is 10.00. The number of hydrogen-bond acceptors (Lipinski definition) is 3. The first-order chi connectivity index (χ1) is 9.86. The number of alkyl halides is 3. The Balaban J connectivity index is 2.27. The van der Waals surface area contributed by atoms with Crippen LogP contribution in [0, 0.1) is 6.92 Å². The van der Waals surface area contributed by atoms with E-state index in [-0.39, 0.29) is 5.95 Å². The fraction of sp³-hybridized carbons (Fsp3) is 0.143. The molecule has 0 radical (unpaired) electrons. The molecule has 4 nitrogen and oxygen atoms in total. The molecule has 0 amide bonds. The zero-order chi connectivity index (χ0) is 15.2. The van der Waals surface area contributed by atoms with Crippen LogP contribution in [0.25, 0.3) is 16.8 Å². The lowest BCUT2D eigenvalue weighted by Gasteiger charge is -2.11. The van der Waals surface area contributed by atoms with E-state index in [9.17, 15) is 13.2 Å². The van der Waals surface area contributed by atoms with E-state index < -0.39 is 11.7 Å². The molecule has 3 rings (SSSR count). The quantitative estimate of drug-likeness (QED) is 0.748. The zero-order valence-electron chi connectivity index (χ0n) is 11.0. The van der Waals surface area contributed by atoms with Crippen LogP contribution in [0.2, 0.25) is 0 Å². The van der Waals surface area contributed by atoms with Gasteiger partial charge >= 0.3 is 6.18 Å². The summed E-state index contributed by atoms with van der Waals surface area (Å²) in [4.78, 5) is 4.09. The molecule has 3 aromatic rings. The standard InChI is InChI=1S/C14H11F3N4/c1-8-5-6-21-12(19-13(18)20-21)11(8)9-3-2-4-10(7-9)14(15,16)17/h2-7H,1H3,(H2,18,20). The third-order valence-corrected chi connectivity index (χ3v) is 3.21. The van der Waals surface area contributed by atoms with Crippen LogP contribution in [0.1, 0.15) is 11.1 Å². The van der Waals surface area contributed by atoms with Crippen molar-refractivity contribution >= 4 is 11.6 Å². The normalized spacial score (nSPS) is 12.0. The number of fused-ring (bicyclic) bond motifs is 1. The minimum absolute atomic E-state index is 0.0776. The van der Waals surface area contributed by atoms with Crippen molar-refractivity contribution in [3.05, 3.63) is 47.7 Å². The first-order valence-corrected chi connectivity index (χ1v) is 6.15. The number of aromatic nitrogens is 3. The van der Waals surface area contributed by atoms with Crippen LogP contribution >= 0.6 is 0 Å². The average molecular weight is 292 g/mol. The minimum Gasteiger partial charge on any atom is -0.366 e. The van der Waals surface area contributed by atoms with E-state index >= 15 is 0 Å². The largest absolute Gasteiger partial charge is 0.416 e. The highest BCUT2D eigenvalue weighted by molar-refractivity contribution is 5.81. The van der Waals surface area contributed by atoms with E-state index in [1.807, 2.05) is 0 Å². The van der Waals surface area contributed by atoms with Gasteiger partial charge in [-0.25, -0.2) is 4.52 Å². The Bertz CT molecular complexity index is 821. The van der Waals surface area contributed by atoms with Gasteiger partial charge in [0.25, 0.3) is 0 Å². The Morgan fingerprint density at radius 3 is 2.67 bits per heavy atom. The van der Waals surface area contributed by atoms with Gasteiger partial charge in [-0.15, -0.1) is 5.10 Å². The minimum atomic E-state index is -4.39. The first-order valence-electron chi connectivity index (χ1n) is 6.15. The number of pyridine rings is 1. The summed E-state index contributed by atoms with van der Waals surface area (Å²) in [5.41, 5.74) is 7.12. The molecule has 0 spiro atoms. The lowest BCUT2D eigenvalue weighted by molar-refractivity contribution is -0.137. The summed E-state index contributed by atoms with van der Waals surface area (Å²) in [7, 11) is 0. The number of anilines is 1. The number of benzene rings is 1. The van der Waals surface area contributed by atoms with Crippen molar-refractivity contribution in [3.63, 3.8) is 0 Å². The Kier molecular flexibility index (Phi) is 2.86. The van der Waals surface area contributed by atoms with Crippen molar-refractivity contribution in [1.82, 2.24) is 14.6 Å². The van der Waals surface area contributed by atoms with Crippen LogP contribution in [0.3, 0.4) is 0 Å². The second kappa shape index (κ2) is 4.47. The van der Waals surface area contributed by atoms with E-state index in [2.05, 4.69) is 10.1 Å². The summed E-state index contributed by atoms with van der Waals surface area (Å²) in [6, 6.07) is 6.89. The van der Waals surface area contributed by atoms with E-state index in [1.54, 1.807) is 25.3 Å². The van der Waals surface area contributed by atoms with Gasteiger partial charge in [-0.2, -0.15) is 18.2 Å². The highest BCUT2D eigenvalue weighted by Crippen LogP contribution is 2.34. The molecule has 0 bridgehead atoms. The average Bonchev–Trinajstić information content (AvgIpc) is 2.78. The molecule has 2 N–H and O–H groups in total. The van der Waals surface area contributed by atoms with E-state index in [0.717, 1.165) is 17.7 Å². The van der Waals surface area contributed by atoms with E-state index in [4.69, 9.17) is 5.73 Å². The fourth-order valence-electron chi connectivity index (χ4n) is 2.26. The Morgan fingerprint density at radius 2 is 1.95 bits per heavy atom. The number of halogens is 3. The van der Waals surface area contributed by atoms with E-state index in [1.165, 1.54) is 10.6 Å². The van der Waals surface area contributed by atoms with Crippen LogP contribution in [-0.4, -0.2) is 14.6 Å². The molecule has 0 atom stereocenters. The van der Waals surface area contributed by atoms with Crippen molar-refractivity contribution in [2.75, 3.05) is 5.73 Å². The maximum absolute atomic E-state index is 12.8. The van der Waals surface area contributed by atoms with Gasteiger partial charge in [-0.05, 0) is 36.2 Å². The maximum atomic E-state index is 12.8. The van der Waals surface area contributed by atoms with Crippen LogP contribution in [0.4, 0.5) is 19.1 Å². The highest BCUT2D eigenvalue weighted by atomic mass is 19.4. The molecular formula is C14H11F3N4. The van der Waals surface area contributed by atoms with Crippen LogP contribution in [-0.2, 0) is 6.18 Å². The number of nitrogen functional groups attached to an aromatic ring is 1. The first kappa shape index (κ1) is 13.4. The van der Waals surface area contributed by atoms with Gasteiger partial charge < -0.3 is 5.73 Å². The molecule has 0 saturated carbocycles. The molecule has 0 aliphatic carbocycles. The van der Waals surface area contributed by atoms with E-state index in [0.29, 0.717) is 16.8 Å². The molecule has 0 saturated heterocycles. The Hall–Kier alpha value is -2.57. The molecule has 1 aromatic carbocycles. The molecule has 2 heterocycles. The van der Waals surface area contributed by atoms with Crippen molar-refractivity contribution in [1.29, 1.82) is 0 Å². The summed E-state index contributed by atoms with van der Waals surface area (Å²) in [5, 5.41) is 3.97. The predicted octanol–water partition coefficient (Wildman–Crippen LogP) is 3.31. The highest BCUT2D eigenvalue weighted by Gasteiger charge is 2.30. The molecular weight excluding hydrogens is 281 g/mol. The van der Waals surface area contributed by atoms with Crippen molar-refractivity contribution in [2.24, 2.45) is 0 Å². The van der Waals surface area contributed by atoms with Gasteiger partial charge in [0.1, 0.15) is 0 Å². The Morgan fingerprint density at radius 1 is 1.19 bits per heavy atom. The predicted molar refractivity (Wildman–Crippen MR) is 72.6 cm³/mol. The molecule has 2 aromatic heterocycles. The van der Waals surface area contributed by atoms with Crippen molar-refractivity contribution < 1.29 is 13.2 Å². The molecule has 7 heteroatoms. The van der Waals surface area contributed by atoms with Gasteiger partial charge in [0.2, 0.25) is 5.95 Å². The number of aryl methyl sites for hydroxylation is 1. The van der Waals surface area contributed by atoms with Gasteiger partial charge in [-0.1, -0.05) is 12.1 Å². The summed E-state index contributed by atoms with van der Waals surface area (Å²) in [5.74, 6) is 0.0776. The monoisotopic (exact) mass is 292 g/mol. The molecule has 0 fully saturated rings. The number of hydrogen-bond donors (Lipinski definition) is 1. The van der Waals surface area contributed by atoms with Gasteiger partial charge in [0.15, 0.2) is 5.65 Å². The molecule has 0 unspecified atom stereocenters. The van der Waals surface area contributed by atoms with Crippen LogP contribution < -0.4 is 5.73 Å². The summed E-state index contributed by atoms with van der Waals surface area (Å²) < 4.78 is 40.0. The van der Waals surface area contributed by atoms with Gasteiger partial charge in [0.05, 0.1) is 5.56 Å². The molecule has 21 heavy (non-hydrogen) atoms. The maximum Gasteiger partial charge on any atom is 0.416 e. The second-order valence-corrected chi connectivity index (χ2v) is 4.69. The number of rotatable bonds is 1. The number of nitrogens with zero attached hydrogens (tertiary/aromatic N) is 3. The van der Waals surface area contributed by atoms with Crippen molar-refractivity contribution in [3.8, 4) is 11.1 Å². The van der Waals surface area contributed by atoms with Gasteiger partial charge in [0, 0.05) is 11.8 Å². The number of nitrogens with two attached hydrogens (primary N) is 1. The Labute approximate surface area is 118 Å². The topological polar surface area (TPSA) is 56.2 Å². The second-order valence-electron chi connectivity index (χ2n) is 4.69. The summed E-state index contributed by atoms with van der Waals surface area (Å²) >= 11 is 0.